The molecule has 0 aliphatic carbocycles. The minimum Gasteiger partial charge on any atom is -0.493 e. The van der Waals surface area contributed by atoms with Crippen LogP contribution in [0.25, 0.3) is 21.7 Å². The number of nitrogens with zero attached hydrogens (tertiary/aromatic N) is 1. The van der Waals surface area contributed by atoms with Crippen molar-refractivity contribution in [3.63, 3.8) is 0 Å². The van der Waals surface area contributed by atoms with E-state index >= 15 is 0 Å². The number of methoxy groups -OCH3 is 3. The van der Waals surface area contributed by atoms with Gasteiger partial charge in [0.1, 0.15) is 0 Å². The molecule has 0 spiro atoms. The number of carbonyl (C=O) groups excluding carboxylic acids is 1. The summed E-state index contributed by atoms with van der Waals surface area (Å²) < 4.78 is 16.0. The van der Waals surface area contributed by atoms with E-state index in [4.69, 9.17) is 19.2 Å². The van der Waals surface area contributed by atoms with Gasteiger partial charge < -0.3 is 24.8 Å². The molecule has 4 rings (SSSR count). The Balaban J connectivity index is 1.50. The maximum Gasteiger partial charge on any atom is 0.323 e. The Morgan fingerprint density at radius 2 is 1.34 bits per heavy atom. The van der Waals surface area contributed by atoms with Crippen LogP contribution in [0.3, 0.4) is 0 Å². The fourth-order valence-corrected chi connectivity index (χ4v) is 4.63. The summed E-state index contributed by atoms with van der Waals surface area (Å²) in [5.41, 5.74) is 5.48. The summed E-state index contributed by atoms with van der Waals surface area (Å²) in [5, 5.41) is 6.66. The first-order valence-electron chi connectivity index (χ1n) is 10.9. The molecule has 0 fully saturated rings. The van der Waals surface area contributed by atoms with Crippen molar-refractivity contribution in [3.8, 4) is 38.9 Å². The Bertz CT molecular complexity index is 1310. The first kappa shape index (κ1) is 24.1. The zero-order chi connectivity index (χ0) is 24.9. The molecular formula is C27H27N3O4S. The van der Waals surface area contributed by atoms with Crippen molar-refractivity contribution < 1.29 is 19.0 Å². The smallest absolute Gasteiger partial charge is 0.323 e. The molecule has 3 aromatic carbocycles. The highest BCUT2D eigenvalue weighted by atomic mass is 32.1. The summed E-state index contributed by atoms with van der Waals surface area (Å²) >= 11 is 1.65. The number of carbonyl (C=O) groups is 1. The average molecular weight is 490 g/mol. The molecule has 180 valence electrons. The summed E-state index contributed by atoms with van der Waals surface area (Å²) in [6, 6.07) is 19.0. The molecule has 0 saturated carbocycles. The number of aryl methyl sites for hydroxylation is 2. The van der Waals surface area contributed by atoms with E-state index in [0.29, 0.717) is 28.6 Å². The number of anilines is 2. The highest BCUT2D eigenvalue weighted by Crippen LogP contribution is 2.40. The molecule has 7 nitrogen and oxygen atoms in total. The minimum absolute atomic E-state index is 0.388. The van der Waals surface area contributed by atoms with Crippen LogP contribution in [0, 0.1) is 13.8 Å². The molecule has 4 aromatic rings. The lowest BCUT2D eigenvalue weighted by molar-refractivity contribution is 0.262. The van der Waals surface area contributed by atoms with Crippen LogP contribution in [-0.4, -0.2) is 32.3 Å². The van der Waals surface area contributed by atoms with Crippen LogP contribution < -0.4 is 24.8 Å². The van der Waals surface area contributed by atoms with Crippen molar-refractivity contribution in [3.05, 3.63) is 71.2 Å². The number of aromatic nitrogens is 1. The molecule has 0 aliphatic heterocycles. The molecule has 0 unspecified atom stereocenters. The van der Waals surface area contributed by atoms with Gasteiger partial charge in [0, 0.05) is 23.4 Å². The molecule has 8 heteroatoms. The summed E-state index contributed by atoms with van der Waals surface area (Å²) in [6.07, 6.45) is 0. The molecule has 2 N–H and O–H groups in total. The minimum atomic E-state index is -0.388. The summed E-state index contributed by atoms with van der Waals surface area (Å²) in [4.78, 5) is 18.5. The lowest BCUT2D eigenvalue weighted by atomic mass is 10.1. The van der Waals surface area contributed by atoms with Crippen molar-refractivity contribution in [1.82, 2.24) is 4.98 Å². The fourth-order valence-electron chi connectivity index (χ4n) is 3.68. The second-order valence-electron chi connectivity index (χ2n) is 7.85. The van der Waals surface area contributed by atoms with Crippen LogP contribution in [0.1, 0.15) is 10.6 Å². The van der Waals surface area contributed by atoms with E-state index in [0.717, 1.165) is 26.7 Å². The molecule has 0 bridgehead atoms. The number of rotatable bonds is 7. The Morgan fingerprint density at radius 3 is 1.91 bits per heavy atom. The molecule has 0 aliphatic rings. The van der Waals surface area contributed by atoms with Gasteiger partial charge in [0.05, 0.1) is 42.6 Å². The Kier molecular flexibility index (Phi) is 7.22. The van der Waals surface area contributed by atoms with Crippen molar-refractivity contribution in [2.45, 2.75) is 13.8 Å². The Labute approximate surface area is 208 Å². The van der Waals surface area contributed by atoms with Gasteiger partial charge in [-0.15, -0.1) is 11.3 Å². The third kappa shape index (κ3) is 5.38. The fraction of sp³-hybridized carbons (Fsp3) is 0.185. The van der Waals surface area contributed by atoms with Crippen molar-refractivity contribution in [1.29, 1.82) is 0 Å². The number of urea groups is 1. The van der Waals surface area contributed by atoms with Gasteiger partial charge in [0.15, 0.2) is 11.5 Å². The number of hydrogen-bond donors (Lipinski definition) is 2. The zero-order valence-electron chi connectivity index (χ0n) is 20.3. The van der Waals surface area contributed by atoms with E-state index in [2.05, 4.69) is 41.8 Å². The van der Waals surface area contributed by atoms with Gasteiger partial charge in [0.2, 0.25) is 5.75 Å². The van der Waals surface area contributed by atoms with Crippen LogP contribution in [0.5, 0.6) is 17.2 Å². The molecule has 0 saturated heterocycles. The average Bonchev–Trinajstić information content (AvgIpc) is 3.25. The Hall–Kier alpha value is -4.04. The largest absolute Gasteiger partial charge is 0.493 e. The monoisotopic (exact) mass is 489 g/mol. The number of ether oxygens (including phenoxy) is 3. The standard InChI is InChI=1S/C27H27N3O4S/c1-16-6-8-18(9-7-16)24-26(35-17(2)28-24)19-10-12-20(13-11-19)29-27(31)30-21-14-22(32-3)25(34-5)23(15-21)33-4/h6-15H,1-5H3,(H2,29,30,31). The van der Waals surface area contributed by atoms with Crippen LogP contribution in [0.4, 0.5) is 16.2 Å². The lowest BCUT2D eigenvalue weighted by Gasteiger charge is -2.15. The van der Waals surface area contributed by atoms with Gasteiger partial charge >= 0.3 is 6.03 Å². The van der Waals surface area contributed by atoms with E-state index in [1.165, 1.54) is 26.9 Å². The van der Waals surface area contributed by atoms with Gasteiger partial charge in [0.25, 0.3) is 0 Å². The van der Waals surface area contributed by atoms with Gasteiger partial charge in [-0.25, -0.2) is 9.78 Å². The van der Waals surface area contributed by atoms with Crippen LogP contribution >= 0.6 is 11.3 Å². The summed E-state index contributed by atoms with van der Waals surface area (Å²) in [6.45, 7) is 4.08. The predicted molar refractivity (Wildman–Crippen MR) is 141 cm³/mol. The maximum atomic E-state index is 12.6. The highest BCUT2D eigenvalue weighted by molar-refractivity contribution is 7.15. The third-order valence-electron chi connectivity index (χ3n) is 5.39. The van der Waals surface area contributed by atoms with E-state index in [-0.39, 0.29) is 6.03 Å². The molecule has 1 aromatic heterocycles. The van der Waals surface area contributed by atoms with E-state index in [1.807, 2.05) is 31.2 Å². The van der Waals surface area contributed by atoms with E-state index < -0.39 is 0 Å². The van der Waals surface area contributed by atoms with Crippen molar-refractivity contribution in [2.75, 3.05) is 32.0 Å². The van der Waals surface area contributed by atoms with E-state index in [9.17, 15) is 4.79 Å². The van der Waals surface area contributed by atoms with Crippen LogP contribution in [0.15, 0.2) is 60.7 Å². The Morgan fingerprint density at radius 1 is 0.771 bits per heavy atom. The number of thiazole rings is 1. The van der Waals surface area contributed by atoms with Gasteiger partial charge in [-0.05, 0) is 31.5 Å². The molecule has 1 heterocycles. The zero-order valence-corrected chi connectivity index (χ0v) is 21.1. The summed E-state index contributed by atoms with van der Waals surface area (Å²) in [7, 11) is 4.58. The second kappa shape index (κ2) is 10.5. The number of benzene rings is 3. The normalized spacial score (nSPS) is 10.5. The SMILES string of the molecule is COc1cc(NC(=O)Nc2ccc(-c3sc(C)nc3-c3ccc(C)cc3)cc2)cc(OC)c1OC. The molecule has 2 amide bonds. The first-order chi connectivity index (χ1) is 16.9. The maximum absolute atomic E-state index is 12.6. The van der Waals surface area contributed by atoms with Crippen molar-refractivity contribution in [2.24, 2.45) is 0 Å². The van der Waals surface area contributed by atoms with E-state index in [1.54, 1.807) is 23.5 Å². The van der Waals surface area contributed by atoms with Gasteiger partial charge in [-0.3, -0.25) is 0 Å². The molecule has 0 radical (unpaired) electrons. The van der Waals surface area contributed by atoms with Crippen molar-refractivity contribution >= 4 is 28.7 Å². The number of hydrogen-bond acceptors (Lipinski definition) is 6. The molecule has 35 heavy (non-hydrogen) atoms. The number of amides is 2. The predicted octanol–water partition coefficient (Wildman–Crippen LogP) is 6.76. The lowest BCUT2D eigenvalue weighted by Crippen LogP contribution is -2.19. The first-order valence-corrected chi connectivity index (χ1v) is 11.8. The molecule has 0 atom stereocenters. The summed E-state index contributed by atoms with van der Waals surface area (Å²) in [5.74, 6) is 1.37. The number of nitrogens with one attached hydrogen (secondary N) is 2. The quantitative estimate of drug-likeness (QED) is 0.300. The van der Waals surface area contributed by atoms with Gasteiger partial charge in [-0.2, -0.15) is 0 Å². The van der Waals surface area contributed by atoms with Crippen LogP contribution in [0.2, 0.25) is 0 Å². The van der Waals surface area contributed by atoms with Crippen LogP contribution in [-0.2, 0) is 0 Å². The molecular weight excluding hydrogens is 462 g/mol. The highest BCUT2D eigenvalue weighted by Gasteiger charge is 2.16. The van der Waals surface area contributed by atoms with Gasteiger partial charge in [-0.1, -0.05) is 42.0 Å². The third-order valence-corrected chi connectivity index (χ3v) is 6.41. The second-order valence-corrected chi connectivity index (χ2v) is 9.05. The topological polar surface area (TPSA) is 81.7 Å².